The molecule has 0 fully saturated rings. The molecule has 0 radical (unpaired) electrons. The molecule has 21 heavy (non-hydrogen) atoms. The summed E-state index contributed by atoms with van der Waals surface area (Å²) in [5.74, 6) is 0.235. The van der Waals surface area contributed by atoms with Gasteiger partial charge in [-0.2, -0.15) is 0 Å². The summed E-state index contributed by atoms with van der Waals surface area (Å²) in [5.41, 5.74) is 2.57. The van der Waals surface area contributed by atoms with Crippen LogP contribution in [-0.4, -0.2) is 23.1 Å². The molecular formula is C17H14O4. The minimum atomic E-state index is -0.216. The molecule has 0 spiro atoms. The van der Waals surface area contributed by atoms with Crippen LogP contribution in [0.15, 0.2) is 42.0 Å². The molecule has 4 heteroatoms. The van der Waals surface area contributed by atoms with Gasteiger partial charge in [0.15, 0.2) is 17.3 Å². The molecule has 0 saturated heterocycles. The van der Waals surface area contributed by atoms with E-state index in [1.807, 2.05) is 6.07 Å². The zero-order valence-corrected chi connectivity index (χ0v) is 11.5. The number of methoxy groups -OCH3 is 1. The van der Waals surface area contributed by atoms with Crippen LogP contribution in [0.1, 0.15) is 21.5 Å². The number of fused-ring (bicyclic) bond motifs is 1. The minimum absolute atomic E-state index is 0.0598. The Labute approximate surface area is 121 Å². The molecule has 2 N–H and O–H groups in total. The second-order valence-electron chi connectivity index (χ2n) is 4.91. The van der Waals surface area contributed by atoms with E-state index in [9.17, 15) is 15.0 Å². The van der Waals surface area contributed by atoms with E-state index < -0.39 is 0 Å². The molecule has 0 unspecified atom stereocenters. The van der Waals surface area contributed by atoms with E-state index in [0.717, 1.165) is 5.56 Å². The van der Waals surface area contributed by atoms with Gasteiger partial charge in [0, 0.05) is 23.1 Å². The van der Waals surface area contributed by atoms with Crippen LogP contribution < -0.4 is 4.74 Å². The monoisotopic (exact) mass is 282 g/mol. The van der Waals surface area contributed by atoms with Gasteiger partial charge in [0.2, 0.25) is 0 Å². The third-order valence-corrected chi connectivity index (χ3v) is 3.61. The first-order chi connectivity index (χ1) is 10.1. The number of allylic oxidation sites excluding steroid dienone is 1. The van der Waals surface area contributed by atoms with E-state index in [4.69, 9.17) is 4.74 Å². The number of hydrogen-bond donors (Lipinski definition) is 2. The third kappa shape index (κ3) is 2.25. The van der Waals surface area contributed by atoms with E-state index in [1.54, 1.807) is 37.5 Å². The number of benzene rings is 2. The SMILES string of the molecule is COc1ccc2c(c1)C/C(=C\c1cccc(O)c1O)C2=O. The van der Waals surface area contributed by atoms with Crippen molar-refractivity contribution in [1.29, 1.82) is 0 Å². The molecule has 3 rings (SSSR count). The molecule has 0 atom stereocenters. The highest BCUT2D eigenvalue weighted by molar-refractivity contribution is 6.15. The fourth-order valence-electron chi connectivity index (χ4n) is 2.49. The Morgan fingerprint density at radius 3 is 2.76 bits per heavy atom. The number of ketones is 1. The van der Waals surface area contributed by atoms with E-state index in [-0.39, 0.29) is 17.3 Å². The number of ether oxygens (including phenoxy) is 1. The molecule has 1 aliphatic rings. The molecule has 0 heterocycles. The lowest BCUT2D eigenvalue weighted by Crippen LogP contribution is -1.95. The maximum atomic E-state index is 12.3. The van der Waals surface area contributed by atoms with Crippen molar-refractivity contribution in [3.8, 4) is 17.2 Å². The van der Waals surface area contributed by atoms with Gasteiger partial charge in [-0.25, -0.2) is 0 Å². The van der Waals surface area contributed by atoms with Crippen LogP contribution in [0, 0.1) is 0 Å². The minimum Gasteiger partial charge on any atom is -0.504 e. The van der Waals surface area contributed by atoms with Crippen molar-refractivity contribution in [3.05, 3.63) is 58.7 Å². The highest BCUT2D eigenvalue weighted by atomic mass is 16.5. The Bertz CT molecular complexity index is 759. The van der Waals surface area contributed by atoms with Gasteiger partial charge in [-0.3, -0.25) is 4.79 Å². The Kier molecular flexibility index (Phi) is 3.14. The van der Waals surface area contributed by atoms with Gasteiger partial charge in [-0.1, -0.05) is 12.1 Å². The van der Waals surface area contributed by atoms with Gasteiger partial charge in [-0.05, 0) is 35.9 Å². The topological polar surface area (TPSA) is 66.8 Å². The summed E-state index contributed by atoms with van der Waals surface area (Å²) in [6.07, 6.45) is 2.10. The van der Waals surface area contributed by atoms with E-state index in [1.165, 1.54) is 6.07 Å². The van der Waals surface area contributed by atoms with Crippen molar-refractivity contribution in [2.45, 2.75) is 6.42 Å². The number of hydrogen-bond acceptors (Lipinski definition) is 4. The summed E-state index contributed by atoms with van der Waals surface area (Å²) in [7, 11) is 1.58. The van der Waals surface area contributed by atoms with Gasteiger partial charge in [0.1, 0.15) is 5.75 Å². The summed E-state index contributed by atoms with van der Waals surface area (Å²) >= 11 is 0. The normalized spacial score (nSPS) is 15.3. The van der Waals surface area contributed by atoms with E-state index in [0.29, 0.717) is 28.9 Å². The molecule has 0 saturated carbocycles. The van der Waals surface area contributed by atoms with Crippen LogP contribution in [0.2, 0.25) is 0 Å². The van der Waals surface area contributed by atoms with E-state index in [2.05, 4.69) is 0 Å². The Balaban J connectivity index is 2.01. The summed E-state index contributed by atoms with van der Waals surface area (Å²) in [4.78, 5) is 12.3. The fourth-order valence-corrected chi connectivity index (χ4v) is 2.49. The molecule has 0 amide bonds. The van der Waals surface area contributed by atoms with Gasteiger partial charge >= 0.3 is 0 Å². The highest BCUT2D eigenvalue weighted by Crippen LogP contribution is 2.34. The molecule has 106 valence electrons. The Morgan fingerprint density at radius 1 is 1.19 bits per heavy atom. The number of Topliss-reactive ketones (excluding diaryl/α,β-unsaturated/α-hetero) is 1. The van der Waals surface area contributed by atoms with Crippen LogP contribution in [0.5, 0.6) is 17.2 Å². The summed E-state index contributed by atoms with van der Waals surface area (Å²) in [5, 5.41) is 19.3. The quantitative estimate of drug-likeness (QED) is 0.656. The van der Waals surface area contributed by atoms with Gasteiger partial charge in [0.25, 0.3) is 0 Å². The number of carbonyl (C=O) groups is 1. The van der Waals surface area contributed by atoms with Gasteiger partial charge in [-0.15, -0.1) is 0 Å². The average Bonchev–Trinajstić information content (AvgIpc) is 2.79. The van der Waals surface area contributed by atoms with Gasteiger partial charge < -0.3 is 14.9 Å². The van der Waals surface area contributed by atoms with Crippen molar-refractivity contribution in [2.75, 3.05) is 7.11 Å². The smallest absolute Gasteiger partial charge is 0.189 e. The van der Waals surface area contributed by atoms with Crippen LogP contribution in [-0.2, 0) is 6.42 Å². The molecule has 0 aromatic heterocycles. The van der Waals surface area contributed by atoms with Crippen molar-refractivity contribution in [3.63, 3.8) is 0 Å². The fraction of sp³-hybridized carbons (Fsp3) is 0.118. The van der Waals surface area contributed by atoms with Crippen molar-refractivity contribution in [1.82, 2.24) is 0 Å². The highest BCUT2D eigenvalue weighted by Gasteiger charge is 2.25. The second kappa shape index (κ2) is 4.98. The van der Waals surface area contributed by atoms with Crippen molar-refractivity contribution < 1.29 is 19.7 Å². The average molecular weight is 282 g/mol. The zero-order chi connectivity index (χ0) is 15.0. The van der Waals surface area contributed by atoms with Crippen LogP contribution >= 0.6 is 0 Å². The number of phenols is 2. The molecule has 1 aliphatic carbocycles. The van der Waals surface area contributed by atoms with E-state index >= 15 is 0 Å². The number of aromatic hydroxyl groups is 2. The van der Waals surface area contributed by atoms with Crippen molar-refractivity contribution in [2.24, 2.45) is 0 Å². The number of para-hydroxylation sites is 1. The van der Waals surface area contributed by atoms with Gasteiger partial charge in [0.05, 0.1) is 7.11 Å². The van der Waals surface area contributed by atoms with Crippen LogP contribution in [0.25, 0.3) is 6.08 Å². The third-order valence-electron chi connectivity index (χ3n) is 3.61. The molecule has 0 bridgehead atoms. The Hall–Kier alpha value is -2.75. The van der Waals surface area contributed by atoms with Crippen LogP contribution in [0.3, 0.4) is 0 Å². The predicted octanol–water partition coefficient (Wildman–Crippen LogP) is 2.93. The zero-order valence-electron chi connectivity index (χ0n) is 11.5. The predicted molar refractivity (Wildman–Crippen MR) is 78.8 cm³/mol. The largest absolute Gasteiger partial charge is 0.504 e. The number of carbonyl (C=O) groups excluding carboxylic acids is 1. The molecule has 0 aliphatic heterocycles. The summed E-state index contributed by atoms with van der Waals surface area (Å²) in [6, 6.07) is 10.0. The Morgan fingerprint density at radius 2 is 2.00 bits per heavy atom. The molecule has 2 aromatic rings. The lowest BCUT2D eigenvalue weighted by atomic mass is 10.1. The summed E-state index contributed by atoms with van der Waals surface area (Å²) in [6.45, 7) is 0. The molecule has 2 aromatic carbocycles. The maximum Gasteiger partial charge on any atom is 0.189 e. The second-order valence-corrected chi connectivity index (χ2v) is 4.91. The lowest BCUT2D eigenvalue weighted by molar-refractivity contribution is 0.104. The number of phenolic OH excluding ortho intramolecular Hbond substituents is 2. The maximum absolute atomic E-state index is 12.3. The molecular weight excluding hydrogens is 268 g/mol. The first-order valence-corrected chi connectivity index (χ1v) is 6.53. The first kappa shape index (κ1) is 13.2. The molecule has 4 nitrogen and oxygen atoms in total. The summed E-state index contributed by atoms with van der Waals surface area (Å²) < 4.78 is 5.16. The lowest BCUT2D eigenvalue weighted by Gasteiger charge is -2.02. The van der Waals surface area contributed by atoms with Crippen molar-refractivity contribution >= 4 is 11.9 Å². The van der Waals surface area contributed by atoms with Crippen LogP contribution in [0.4, 0.5) is 0 Å². The number of rotatable bonds is 2. The first-order valence-electron chi connectivity index (χ1n) is 6.53. The standard InChI is InChI=1S/C17H14O4/c1-21-13-5-6-14-11(9-13)8-12(16(14)19)7-10-3-2-4-15(18)17(10)20/h2-7,9,18,20H,8H2,1H3/b12-7+.